The molecule has 0 saturated heterocycles. The van der Waals surface area contributed by atoms with E-state index in [-0.39, 0.29) is 28.9 Å². The maximum absolute atomic E-state index is 12.2. The first-order valence-electron chi connectivity index (χ1n) is 7.54. The average Bonchev–Trinajstić information content (AvgIpc) is 2.32. The zero-order valence-electron chi connectivity index (χ0n) is 12.5. The van der Waals surface area contributed by atoms with E-state index in [1.165, 1.54) is 6.42 Å². The van der Waals surface area contributed by atoms with Gasteiger partial charge < -0.3 is 15.8 Å². The molecule has 0 aliphatic heterocycles. The third-order valence-electron chi connectivity index (χ3n) is 5.26. The summed E-state index contributed by atoms with van der Waals surface area (Å²) in [5.74, 6) is 0.165. The van der Waals surface area contributed by atoms with Gasteiger partial charge in [0.15, 0.2) is 0 Å². The van der Waals surface area contributed by atoms with Gasteiger partial charge in [0, 0.05) is 24.5 Å². The Bertz CT molecular complexity index is 332. The molecule has 0 aromatic carbocycles. The van der Waals surface area contributed by atoms with Crippen LogP contribution in [0.3, 0.4) is 0 Å². The van der Waals surface area contributed by atoms with Crippen molar-refractivity contribution in [2.75, 3.05) is 13.2 Å². The van der Waals surface area contributed by atoms with Crippen molar-refractivity contribution in [2.24, 2.45) is 16.6 Å². The molecule has 4 heteroatoms. The molecule has 1 amide bonds. The maximum Gasteiger partial charge on any atom is 0.220 e. The molecule has 2 fully saturated rings. The highest BCUT2D eigenvalue weighted by molar-refractivity contribution is 5.77. The van der Waals surface area contributed by atoms with Crippen LogP contribution in [0.25, 0.3) is 0 Å². The van der Waals surface area contributed by atoms with E-state index in [1.54, 1.807) is 0 Å². The SMILES string of the molecule is CCOC1CC(NC(=O)CC2(CN)CCC2)C1(C)C. The second-order valence-corrected chi connectivity index (χ2v) is 6.86. The van der Waals surface area contributed by atoms with Crippen molar-refractivity contribution < 1.29 is 9.53 Å². The first kappa shape index (κ1) is 14.8. The lowest BCUT2D eigenvalue weighted by Gasteiger charge is -2.52. The lowest BCUT2D eigenvalue weighted by atomic mass is 9.63. The molecule has 2 saturated carbocycles. The highest BCUT2D eigenvalue weighted by Crippen LogP contribution is 2.45. The molecule has 110 valence electrons. The number of nitrogens with one attached hydrogen (secondary N) is 1. The van der Waals surface area contributed by atoms with E-state index in [9.17, 15) is 4.79 Å². The number of carbonyl (C=O) groups is 1. The third kappa shape index (κ3) is 2.79. The van der Waals surface area contributed by atoms with Crippen molar-refractivity contribution in [1.29, 1.82) is 0 Å². The maximum atomic E-state index is 12.2. The number of hydrogen-bond acceptors (Lipinski definition) is 3. The summed E-state index contributed by atoms with van der Waals surface area (Å²) >= 11 is 0. The largest absolute Gasteiger partial charge is 0.378 e. The number of ether oxygens (including phenoxy) is 1. The van der Waals surface area contributed by atoms with E-state index in [0.717, 1.165) is 25.9 Å². The lowest BCUT2D eigenvalue weighted by molar-refractivity contribution is -0.139. The van der Waals surface area contributed by atoms with E-state index in [4.69, 9.17) is 10.5 Å². The molecule has 2 aliphatic rings. The van der Waals surface area contributed by atoms with Crippen molar-refractivity contribution in [3.63, 3.8) is 0 Å². The molecule has 19 heavy (non-hydrogen) atoms. The van der Waals surface area contributed by atoms with Crippen LogP contribution in [0.5, 0.6) is 0 Å². The molecule has 2 rings (SSSR count). The van der Waals surface area contributed by atoms with Crippen molar-refractivity contribution in [1.82, 2.24) is 5.32 Å². The topological polar surface area (TPSA) is 64.3 Å². The van der Waals surface area contributed by atoms with Crippen LogP contribution in [0.4, 0.5) is 0 Å². The number of amides is 1. The fraction of sp³-hybridized carbons (Fsp3) is 0.933. The molecule has 2 aliphatic carbocycles. The monoisotopic (exact) mass is 268 g/mol. The summed E-state index contributed by atoms with van der Waals surface area (Å²) in [6, 6.07) is 0.242. The van der Waals surface area contributed by atoms with Crippen LogP contribution in [-0.2, 0) is 9.53 Å². The van der Waals surface area contributed by atoms with E-state index in [2.05, 4.69) is 19.2 Å². The Balaban J connectivity index is 1.81. The number of carbonyl (C=O) groups excluding carboxylic acids is 1. The van der Waals surface area contributed by atoms with Crippen LogP contribution < -0.4 is 11.1 Å². The van der Waals surface area contributed by atoms with Crippen molar-refractivity contribution in [2.45, 2.75) is 65.0 Å². The second-order valence-electron chi connectivity index (χ2n) is 6.86. The number of nitrogens with two attached hydrogens (primary N) is 1. The molecule has 4 nitrogen and oxygen atoms in total. The van der Waals surface area contributed by atoms with Gasteiger partial charge in [-0.05, 0) is 38.1 Å². The molecular formula is C15H28N2O2. The van der Waals surface area contributed by atoms with Crippen LogP contribution in [0.15, 0.2) is 0 Å². The van der Waals surface area contributed by atoms with Gasteiger partial charge in [-0.25, -0.2) is 0 Å². The summed E-state index contributed by atoms with van der Waals surface area (Å²) in [6.45, 7) is 7.73. The normalized spacial score (nSPS) is 31.2. The molecule has 2 unspecified atom stereocenters. The predicted molar refractivity (Wildman–Crippen MR) is 75.7 cm³/mol. The van der Waals surface area contributed by atoms with Gasteiger partial charge in [0.1, 0.15) is 0 Å². The van der Waals surface area contributed by atoms with Gasteiger partial charge >= 0.3 is 0 Å². The van der Waals surface area contributed by atoms with Crippen molar-refractivity contribution in [3.8, 4) is 0 Å². The summed E-state index contributed by atoms with van der Waals surface area (Å²) in [7, 11) is 0. The molecule has 0 spiro atoms. The highest BCUT2D eigenvalue weighted by atomic mass is 16.5. The first-order valence-corrected chi connectivity index (χ1v) is 7.54. The predicted octanol–water partition coefficient (Wildman–Crippen LogP) is 1.83. The zero-order chi connectivity index (χ0) is 14.1. The van der Waals surface area contributed by atoms with Crippen LogP contribution in [0.2, 0.25) is 0 Å². The Kier molecular flexibility index (Phi) is 4.21. The second kappa shape index (κ2) is 5.41. The Morgan fingerprint density at radius 1 is 1.42 bits per heavy atom. The van der Waals surface area contributed by atoms with E-state index in [1.807, 2.05) is 6.92 Å². The molecular weight excluding hydrogens is 240 g/mol. The van der Waals surface area contributed by atoms with Gasteiger partial charge in [-0.15, -0.1) is 0 Å². The minimum Gasteiger partial charge on any atom is -0.378 e. The zero-order valence-corrected chi connectivity index (χ0v) is 12.5. The van der Waals surface area contributed by atoms with Gasteiger partial charge in [0.2, 0.25) is 5.91 Å². The summed E-state index contributed by atoms with van der Waals surface area (Å²) in [4.78, 5) is 12.2. The van der Waals surface area contributed by atoms with Crippen LogP contribution in [0.1, 0.15) is 52.9 Å². The average molecular weight is 268 g/mol. The molecule has 0 aromatic rings. The minimum absolute atomic E-state index is 0.0428. The van der Waals surface area contributed by atoms with Gasteiger partial charge in [-0.3, -0.25) is 4.79 Å². The molecule has 0 radical (unpaired) electrons. The van der Waals surface area contributed by atoms with Crippen molar-refractivity contribution >= 4 is 5.91 Å². The lowest BCUT2D eigenvalue weighted by Crippen LogP contribution is -2.62. The Labute approximate surface area is 116 Å². The molecule has 3 N–H and O–H groups in total. The molecule has 0 bridgehead atoms. The van der Waals surface area contributed by atoms with E-state index < -0.39 is 0 Å². The fourth-order valence-corrected chi connectivity index (χ4v) is 3.33. The fourth-order valence-electron chi connectivity index (χ4n) is 3.33. The van der Waals surface area contributed by atoms with Gasteiger partial charge in [0.25, 0.3) is 0 Å². The summed E-state index contributed by atoms with van der Waals surface area (Å²) < 4.78 is 5.69. The summed E-state index contributed by atoms with van der Waals surface area (Å²) in [5, 5.41) is 3.18. The molecule has 2 atom stereocenters. The first-order chi connectivity index (χ1) is 8.93. The molecule has 0 aromatic heterocycles. The molecule has 0 heterocycles. The number of rotatable bonds is 6. The van der Waals surface area contributed by atoms with Gasteiger partial charge in [0.05, 0.1) is 6.10 Å². The Hall–Kier alpha value is -0.610. The smallest absolute Gasteiger partial charge is 0.220 e. The van der Waals surface area contributed by atoms with Crippen LogP contribution in [0, 0.1) is 10.8 Å². The highest BCUT2D eigenvalue weighted by Gasteiger charge is 2.50. The standard InChI is InChI=1S/C15H28N2O2/c1-4-19-12-8-11(14(12,2)3)17-13(18)9-15(10-16)6-5-7-15/h11-12H,4-10,16H2,1-3H3,(H,17,18). The summed E-state index contributed by atoms with van der Waals surface area (Å²) in [6.07, 6.45) is 5.22. The van der Waals surface area contributed by atoms with Crippen molar-refractivity contribution in [3.05, 3.63) is 0 Å². The van der Waals surface area contributed by atoms with Gasteiger partial charge in [-0.2, -0.15) is 0 Å². The number of hydrogen-bond donors (Lipinski definition) is 2. The summed E-state index contributed by atoms with van der Waals surface area (Å²) in [5.41, 5.74) is 5.95. The Morgan fingerprint density at radius 3 is 2.53 bits per heavy atom. The third-order valence-corrected chi connectivity index (χ3v) is 5.26. The quantitative estimate of drug-likeness (QED) is 0.772. The van der Waals surface area contributed by atoms with Crippen LogP contribution in [-0.4, -0.2) is 31.2 Å². The van der Waals surface area contributed by atoms with E-state index in [0.29, 0.717) is 13.0 Å². The minimum atomic E-state index is 0.0428. The van der Waals surface area contributed by atoms with Crippen LogP contribution >= 0.6 is 0 Å². The van der Waals surface area contributed by atoms with E-state index >= 15 is 0 Å². The Morgan fingerprint density at radius 2 is 2.11 bits per heavy atom. The van der Waals surface area contributed by atoms with Gasteiger partial charge in [-0.1, -0.05) is 20.3 Å².